The largest absolute Gasteiger partial charge is 0.390 e. The van der Waals surface area contributed by atoms with Crippen LogP contribution in [0, 0.1) is 0 Å². The summed E-state index contributed by atoms with van der Waals surface area (Å²) in [5.41, 5.74) is 2.79. The van der Waals surface area contributed by atoms with E-state index in [1.807, 2.05) is 48.5 Å². The van der Waals surface area contributed by atoms with Gasteiger partial charge in [-0.2, -0.15) is 0 Å². The SMILES string of the molecule is C=CCOC[C@@H](O)CN(Cc1cccc(Cl)c1)C[C@@H]1CC(c2ccccc2Cl)=NO1. The highest BCUT2D eigenvalue weighted by Crippen LogP contribution is 2.24. The number of hydrogen-bond donors (Lipinski definition) is 1. The van der Waals surface area contributed by atoms with Gasteiger partial charge in [-0.15, -0.1) is 6.58 Å². The number of aliphatic hydroxyl groups is 1. The molecular weight excluding hydrogens is 423 g/mol. The molecule has 2 atom stereocenters. The van der Waals surface area contributed by atoms with Gasteiger partial charge in [-0.25, -0.2) is 0 Å². The summed E-state index contributed by atoms with van der Waals surface area (Å²) in [6.07, 6.45) is 1.56. The van der Waals surface area contributed by atoms with Gasteiger partial charge in [-0.3, -0.25) is 4.90 Å². The number of benzene rings is 2. The second-order valence-electron chi connectivity index (χ2n) is 7.25. The van der Waals surface area contributed by atoms with Crippen LogP contribution < -0.4 is 0 Å². The maximum absolute atomic E-state index is 10.4. The lowest BCUT2D eigenvalue weighted by Gasteiger charge is -2.27. The predicted octanol–water partition coefficient (Wildman–Crippen LogP) is 4.55. The van der Waals surface area contributed by atoms with Crippen molar-refractivity contribution in [3.63, 3.8) is 0 Å². The van der Waals surface area contributed by atoms with Crippen molar-refractivity contribution in [2.45, 2.75) is 25.2 Å². The molecule has 0 aromatic heterocycles. The summed E-state index contributed by atoms with van der Waals surface area (Å²) in [6.45, 7) is 5.93. The van der Waals surface area contributed by atoms with Crippen molar-refractivity contribution in [1.29, 1.82) is 0 Å². The zero-order valence-electron chi connectivity index (χ0n) is 16.7. The van der Waals surface area contributed by atoms with Crippen LogP contribution in [0.15, 0.2) is 66.3 Å². The van der Waals surface area contributed by atoms with Crippen LogP contribution >= 0.6 is 23.2 Å². The highest BCUT2D eigenvalue weighted by atomic mass is 35.5. The van der Waals surface area contributed by atoms with Crippen LogP contribution in [-0.4, -0.2) is 54.2 Å². The predicted molar refractivity (Wildman–Crippen MR) is 121 cm³/mol. The molecule has 30 heavy (non-hydrogen) atoms. The molecule has 2 aromatic rings. The summed E-state index contributed by atoms with van der Waals surface area (Å²) in [4.78, 5) is 7.81. The molecule has 0 aliphatic carbocycles. The molecule has 0 unspecified atom stereocenters. The minimum atomic E-state index is -0.630. The van der Waals surface area contributed by atoms with E-state index in [0.717, 1.165) is 16.8 Å². The lowest BCUT2D eigenvalue weighted by molar-refractivity contribution is 0.00336. The highest BCUT2D eigenvalue weighted by molar-refractivity contribution is 6.34. The molecule has 160 valence electrons. The summed E-state index contributed by atoms with van der Waals surface area (Å²) in [6, 6.07) is 15.3. The van der Waals surface area contributed by atoms with Crippen molar-refractivity contribution in [1.82, 2.24) is 4.90 Å². The topological polar surface area (TPSA) is 54.3 Å². The minimum absolute atomic E-state index is 0.128. The van der Waals surface area contributed by atoms with E-state index in [4.69, 9.17) is 32.8 Å². The van der Waals surface area contributed by atoms with Crippen molar-refractivity contribution < 1.29 is 14.7 Å². The third kappa shape index (κ3) is 6.83. The molecule has 1 aliphatic rings. The van der Waals surface area contributed by atoms with Gasteiger partial charge in [0.1, 0.15) is 6.10 Å². The Bertz CT molecular complexity index is 875. The smallest absolute Gasteiger partial charge is 0.145 e. The Hall–Kier alpha value is -1.89. The molecule has 1 N–H and O–H groups in total. The highest BCUT2D eigenvalue weighted by Gasteiger charge is 2.26. The Labute approximate surface area is 187 Å². The van der Waals surface area contributed by atoms with E-state index < -0.39 is 6.10 Å². The second-order valence-corrected chi connectivity index (χ2v) is 8.10. The summed E-state index contributed by atoms with van der Waals surface area (Å²) in [5.74, 6) is 0. The summed E-state index contributed by atoms with van der Waals surface area (Å²) >= 11 is 12.4. The molecule has 0 bridgehead atoms. The molecular formula is C23H26Cl2N2O3. The zero-order chi connectivity index (χ0) is 21.3. The van der Waals surface area contributed by atoms with Crippen molar-refractivity contribution in [2.24, 2.45) is 5.16 Å². The fourth-order valence-electron chi connectivity index (χ4n) is 3.40. The monoisotopic (exact) mass is 448 g/mol. The Morgan fingerprint density at radius 1 is 1.27 bits per heavy atom. The van der Waals surface area contributed by atoms with Crippen molar-refractivity contribution in [3.8, 4) is 0 Å². The fourth-order valence-corrected chi connectivity index (χ4v) is 3.86. The Kier molecular flexibility index (Phi) is 8.73. The molecule has 0 fully saturated rings. The van der Waals surface area contributed by atoms with E-state index in [2.05, 4.69) is 16.6 Å². The summed E-state index contributed by atoms with van der Waals surface area (Å²) < 4.78 is 5.39. The molecule has 0 radical (unpaired) electrons. The second kappa shape index (κ2) is 11.5. The van der Waals surface area contributed by atoms with Crippen molar-refractivity contribution >= 4 is 28.9 Å². The van der Waals surface area contributed by atoms with E-state index in [-0.39, 0.29) is 12.7 Å². The van der Waals surface area contributed by atoms with Crippen LogP contribution in [0.2, 0.25) is 10.0 Å². The average molecular weight is 449 g/mol. The molecule has 0 saturated heterocycles. The average Bonchev–Trinajstić information content (AvgIpc) is 3.16. The van der Waals surface area contributed by atoms with Crippen LogP contribution in [0.3, 0.4) is 0 Å². The van der Waals surface area contributed by atoms with Gasteiger partial charge in [0.25, 0.3) is 0 Å². The van der Waals surface area contributed by atoms with Gasteiger partial charge in [-0.1, -0.05) is 64.8 Å². The van der Waals surface area contributed by atoms with Gasteiger partial charge in [0.15, 0.2) is 0 Å². The maximum atomic E-state index is 10.4. The Morgan fingerprint density at radius 3 is 2.87 bits per heavy atom. The number of halogens is 2. The molecule has 0 spiro atoms. The molecule has 1 heterocycles. The number of rotatable bonds is 11. The Balaban J connectivity index is 1.63. The summed E-state index contributed by atoms with van der Waals surface area (Å²) in [5, 5.41) is 16.0. The van der Waals surface area contributed by atoms with Gasteiger partial charge in [0.2, 0.25) is 0 Å². The van der Waals surface area contributed by atoms with Gasteiger partial charge in [0, 0.05) is 41.7 Å². The number of aliphatic hydroxyl groups excluding tert-OH is 1. The van der Waals surface area contributed by atoms with Gasteiger partial charge in [-0.05, 0) is 23.8 Å². The van der Waals surface area contributed by atoms with Crippen molar-refractivity contribution in [2.75, 3.05) is 26.3 Å². The minimum Gasteiger partial charge on any atom is -0.390 e. The first kappa shape index (κ1) is 22.8. The number of oxime groups is 1. The number of hydrogen-bond acceptors (Lipinski definition) is 5. The molecule has 7 heteroatoms. The first-order valence-electron chi connectivity index (χ1n) is 9.86. The summed E-state index contributed by atoms with van der Waals surface area (Å²) in [7, 11) is 0. The van der Waals surface area contributed by atoms with E-state index in [0.29, 0.717) is 42.7 Å². The number of nitrogens with zero attached hydrogens (tertiary/aromatic N) is 2. The van der Waals surface area contributed by atoms with E-state index >= 15 is 0 Å². The first-order chi connectivity index (χ1) is 14.5. The standard InChI is InChI=1S/C23H26Cl2N2O3/c1-2-10-29-16-19(28)14-27(13-17-6-5-7-18(24)11-17)15-20-12-23(26-30-20)21-8-3-4-9-22(21)25/h2-9,11,19-20,28H,1,10,12-16H2/t19-,20-/m0/s1. The lowest BCUT2D eigenvalue weighted by atomic mass is 10.0. The quantitative estimate of drug-likeness (QED) is 0.404. The fraction of sp³-hybridized carbons (Fsp3) is 0.348. The van der Waals surface area contributed by atoms with Crippen LogP contribution in [0.4, 0.5) is 0 Å². The molecule has 2 aromatic carbocycles. The third-order valence-electron chi connectivity index (χ3n) is 4.69. The lowest BCUT2D eigenvalue weighted by Crippen LogP contribution is -2.39. The van der Waals surface area contributed by atoms with Gasteiger partial charge in [0.05, 0.1) is 25.0 Å². The maximum Gasteiger partial charge on any atom is 0.145 e. The van der Waals surface area contributed by atoms with E-state index in [1.54, 1.807) is 6.08 Å². The van der Waals surface area contributed by atoms with Crippen LogP contribution in [0.25, 0.3) is 0 Å². The van der Waals surface area contributed by atoms with Gasteiger partial charge < -0.3 is 14.7 Å². The third-order valence-corrected chi connectivity index (χ3v) is 5.25. The molecule has 5 nitrogen and oxygen atoms in total. The molecule has 0 saturated carbocycles. The van der Waals surface area contributed by atoms with Crippen LogP contribution in [-0.2, 0) is 16.1 Å². The molecule has 1 aliphatic heterocycles. The van der Waals surface area contributed by atoms with Crippen LogP contribution in [0.1, 0.15) is 17.5 Å². The Morgan fingerprint density at radius 2 is 2.10 bits per heavy atom. The zero-order valence-corrected chi connectivity index (χ0v) is 18.2. The van der Waals surface area contributed by atoms with Crippen molar-refractivity contribution in [3.05, 3.63) is 82.4 Å². The first-order valence-corrected chi connectivity index (χ1v) is 10.6. The van der Waals surface area contributed by atoms with E-state index in [9.17, 15) is 5.11 Å². The number of ether oxygens (including phenoxy) is 1. The van der Waals surface area contributed by atoms with Gasteiger partial charge >= 0.3 is 0 Å². The molecule has 0 amide bonds. The molecule has 3 rings (SSSR count). The normalized spacial score (nSPS) is 16.9. The van der Waals surface area contributed by atoms with E-state index in [1.165, 1.54) is 0 Å². The van der Waals surface area contributed by atoms with Crippen LogP contribution in [0.5, 0.6) is 0 Å².